The first-order valence-corrected chi connectivity index (χ1v) is 7.85. The number of carbonyl (C=O) groups excluding carboxylic acids is 2. The molecule has 2 N–H and O–H groups in total. The average Bonchev–Trinajstić information content (AvgIpc) is 2.93. The van der Waals surface area contributed by atoms with Gasteiger partial charge in [0.2, 0.25) is 5.91 Å². The van der Waals surface area contributed by atoms with Gasteiger partial charge in [-0.25, -0.2) is 4.98 Å². The van der Waals surface area contributed by atoms with E-state index in [0.717, 1.165) is 5.56 Å². The molecule has 0 atom stereocenters. The van der Waals surface area contributed by atoms with Gasteiger partial charge in [-0.1, -0.05) is 13.8 Å². The lowest BCUT2D eigenvalue weighted by molar-refractivity contribution is -0.116. The van der Waals surface area contributed by atoms with Gasteiger partial charge < -0.3 is 10.6 Å². The van der Waals surface area contributed by atoms with Crippen molar-refractivity contribution in [2.24, 2.45) is 5.92 Å². The van der Waals surface area contributed by atoms with Gasteiger partial charge in [-0.05, 0) is 23.6 Å². The number of nitrogens with one attached hydrogen (secondary N) is 2. The molecular formula is C15H18N4O2S. The molecule has 2 aromatic heterocycles. The van der Waals surface area contributed by atoms with Crippen LogP contribution in [0.5, 0.6) is 0 Å². The number of amides is 2. The van der Waals surface area contributed by atoms with Gasteiger partial charge in [-0.2, -0.15) is 0 Å². The van der Waals surface area contributed by atoms with Gasteiger partial charge in [0.25, 0.3) is 5.91 Å². The topological polar surface area (TPSA) is 84.0 Å². The molecule has 0 aliphatic rings. The molecule has 0 aliphatic carbocycles. The van der Waals surface area contributed by atoms with E-state index in [9.17, 15) is 9.59 Å². The van der Waals surface area contributed by atoms with Crippen molar-refractivity contribution in [3.05, 3.63) is 41.2 Å². The predicted octanol–water partition coefficient (Wildman–Crippen LogP) is 2.45. The zero-order valence-electron chi connectivity index (χ0n) is 12.5. The second-order valence-electron chi connectivity index (χ2n) is 5.22. The summed E-state index contributed by atoms with van der Waals surface area (Å²) in [6.45, 7) is 4.35. The van der Waals surface area contributed by atoms with Crippen molar-refractivity contribution in [1.82, 2.24) is 15.3 Å². The molecule has 0 bridgehead atoms. The lowest BCUT2D eigenvalue weighted by Gasteiger charge is -2.04. The summed E-state index contributed by atoms with van der Waals surface area (Å²) in [6.07, 6.45) is 3.78. The van der Waals surface area contributed by atoms with Crippen LogP contribution in [0.25, 0.3) is 0 Å². The number of pyridine rings is 1. The normalized spacial score (nSPS) is 10.5. The van der Waals surface area contributed by atoms with Crippen LogP contribution >= 0.6 is 11.3 Å². The lowest BCUT2D eigenvalue weighted by Crippen LogP contribution is -2.23. The molecule has 22 heavy (non-hydrogen) atoms. The highest BCUT2D eigenvalue weighted by Gasteiger charge is 2.12. The SMILES string of the molecule is CC(C)CC(=O)Nc1nc(C(=O)NCc2ccncc2)cs1. The van der Waals surface area contributed by atoms with Crippen molar-refractivity contribution in [1.29, 1.82) is 0 Å². The Morgan fingerprint density at radius 1 is 1.27 bits per heavy atom. The third-order valence-electron chi connectivity index (χ3n) is 2.78. The van der Waals surface area contributed by atoms with Crippen LogP contribution in [0.4, 0.5) is 5.13 Å². The first-order chi connectivity index (χ1) is 10.5. The number of aromatic nitrogens is 2. The van der Waals surface area contributed by atoms with Gasteiger partial charge >= 0.3 is 0 Å². The van der Waals surface area contributed by atoms with Gasteiger partial charge in [0, 0.05) is 30.7 Å². The molecule has 0 aromatic carbocycles. The molecule has 0 unspecified atom stereocenters. The van der Waals surface area contributed by atoms with E-state index in [1.807, 2.05) is 26.0 Å². The standard InChI is InChI=1S/C15H18N4O2S/c1-10(2)7-13(20)19-15-18-12(9-22-15)14(21)17-8-11-3-5-16-6-4-11/h3-6,9-10H,7-8H2,1-2H3,(H,17,21)(H,18,19,20). The van der Waals surface area contributed by atoms with Crippen LogP contribution in [-0.2, 0) is 11.3 Å². The van der Waals surface area contributed by atoms with Crippen LogP contribution in [0.1, 0.15) is 36.3 Å². The second kappa shape index (κ2) is 7.65. The number of carbonyl (C=O) groups is 2. The molecule has 7 heteroatoms. The van der Waals surface area contributed by atoms with Gasteiger partial charge in [0.15, 0.2) is 5.13 Å². The number of nitrogens with zero attached hydrogens (tertiary/aromatic N) is 2. The van der Waals surface area contributed by atoms with Crippen LogP contribution in [-0.4, -0.2) is 21.8 Å². The van der Waals surface area contributed by atoms with E-state index in [0.29, 0.717) is 23.8 Å². The Morgan fingerprint density at radius 3 is 2.68 bits per heavy atom. The molecule has 0 saturated heterocycles. The second-order valence-corrected chi connectivity index (χ2v) is 6.08. The van der Waals surface area contributed by atoms with E-state index in [1.165, 1.54) is 11.3 Å². The summed E-state index contributed by atoms with van der Waals surface area (Å²) < 4.78 is 0. The summed E-state index contributed by atoms with van der Waals surface area (Å²) >= 11 is 1.24. The molecule has 0 spiro atoms. The Kier molecular flexibility index (Phi) is 5.60. The number of hydrogen-bond acceptors (Lipinski definition) is 5. The van der Waals surface area contributed by atoms with E-state index in [1.54, 1.807) is 17.8 Å². The Balaban J connectivity index is 1.87. The summed E-state index contributed by atoms with van der Waals surface area (Å²) in [5.41, 5.74) is 1.27. The van der Waals surface area contributed by atoms with Gasteiger partial charge in [0.1, 0.15) is 5.69 Å². The van der Waals surface area contributed by atoms with Gasteiger partial charge in [-0.15, -0.1) is 11.3 Å². The fraction of sp³-hybridized carbons (Fsp3) is 0.333. The van der Waals surface area contributed by atoms with E-state index >= 15 is 0 Å². The quantitative estimate of drug-likeness (QED) is 0.857. The zero-order chi connectivity index (χ0) is 15.9. The van der Waals surface area contributed by atoms with Crippen LogP contribution < -0.4 is 10.6 Å². The monoisotopic (exact) mass is 318 g/mol. The van der Waals surface area contributed by atoms with Gasteiger partial charge in [0.05, 0.1) is 0 Å². The smallest absolute Gasteiger partial charge is 0.271 e. The largest absolute Gasteiger partial charge is 0.347 e. The minimum atomic E-state index is -0.266. The highest BCUT2D eigenvalue weighted by Crippen LogP contribution is 2.16. The third-order valence-corrected chi connectivity index (χ3v) is 3.54. The van der Waals surface area contributed by atoms with E-state index in [4.69, 9.17) is 0 Å². The molecule has 2 amide bonds. The molecule has 0 fully saturated rings. The van der Waals surface area contributed by atoms with E-state index in [-0.39, 0.29) is 17.7 Å². The maximum atomic E-state index is 12.0. The molecule has 0 radical (unpaired) electrons. The minimum Gasteiger partial charge on any atom is -0.347 e. The van der Waals surface area contributed by atoms with Crippen LogP contribution in [0.2, 0.25) is 0 Å². The zero-order valence-corrected chi connectivity index (χ0v) is 13.3. The van der Waals surface area contributed by atoms with Crippen molar-refractivity contribution < 1.29 is 9.59 Å². The maximum absolute atomic E-state index is 12.0. The fourth-order valence-electron chi connectivity index (χ4n) is 1.75. The Bertz CT molecular complexity index is 640. The number of thiazole rings is 1. The molecule has 0 saturated carbocycles. The maximum Gasteiger partial charge on any atom is 0.271 e. The highest BCUT2D eigenvalue weighted by molar-refractivity contribution is 7.14. The van der Waals surface area contributed by atoms with E-state index in [2.05, 4.69) is 20.6 Å². The van der Waals surface area contributed by atoms with Crippen molar-refractivity contribution in [2.75, 3.05) is 5.32 Å². The molecule has 6 nitrogen and oxygen atoms in total. The number of anilines is 1. The van der Waals surface area contributed by atoms with Crippen molar-refractivity contribution in [3.8, 4) is 0 Å². The highest BCUT2D eigenvalue weighted by atomic mass is 32.1. The summed E-state index contributed by atoms with van der Waals surface area (Å²) in [5.74, 6) is -0.0754. The summed E-state index contributed by atoms with van der Waals surface area (Å²) in [6, 6.07) is 3.66. The van der Waals surface area contributed by atoms with Crippen LogP contribution in [0.15, 0.2) is 29.9 Å². The Labute approximate surface area is 133 Å². The summed E-state index contributed by atoms with van der Waals surface area (Å²) in [7, 11) is 0. The third kappa shape index (κ3) is 4.92. The predicted molar refractivity (Wildman–Crippen MR) is 85.6 cm³/mol. The average molecular weight is 318 g/mol. The Hall–Kier alpha value is -2.28. The van der Waals surface area contributed by atoms with Crippen molar-refractivity contribution >= 4 is 28.3 Å². The van der Waals surface area contributed by atoms with Crippen LogP contribution in [0.3, 0.4) is 0 Å². The fourth-order valence-corrected chi connectivity index (χ4v) is 2.46. The Morgan fingerprint density at radius 2 is 2.00 bits per heavy atom. The molecule has 2 rings (SSSR count). The summed E-state index contributed by atoms with van der Waals surface area (Å²) in [4.78, 5) is 31.7. The number of hydrogen-bond donors (Lipinski definition) is 2. The van der Waals surface area contributed by atoms with Crippen LogP contribution in [0, 0.1) is 5.92 Å². The van der Waals surface area contributed by atoms with Crippen molar-refractivity contribution in [2.45, 2.75) is 26.8 Å². The molecule has 0 aliphatic heterocycles. The summed E-state index contributed by atoms with van der Waals surface area (Å²) in [5, 5.41) is 7.56. The molecule has 2 heterocycles. The molecule has 2 aromatic rings. The molecular weight excluding hydrogens is 300 g/mol. The first-order valence-electron chi connectivity index (χ1n) is 6.97. The first kappa shape index (κ1) is 16.1. The van der Waals surface area contributed by atoms with E-state index < -0.39 is 0 Å². The minimum absolute atomic E-state index is 0.0897. The van der Waals surface area contributed by atoms with Crippen molar-refractivity contribution in [3.63, 3.8) is 0 Å². The van der Waals surface area contributed by atoms with Gasteiger partial charge in [-0.3, -0.25) is 14.6 Å². The lowest BCUT2D eigenvalue weighted by atomic mass is 10.1. The molecule has 116 valence electrons. The number of rotatable bonds is 6.